The number of rotatable bonds is 6. The van der Waals surface area contributed by atoms with E-state index in [1.165, 1.54) is 0 Å². The molecule has 1 atom stereocenters. The number of carbonyl (C=O) groups excluding carboxylic acids is 1. The van der Waals surface area contributed by atoms with Gasteiger partial charge in [-0.15, -0.1) is 0 Å². The Balaban J connectivity index is 1.33. The summed E-state index contributed by atoms with van der Waals surface area (Å²) in [4.78, 5) is 21.6. The number of carbonyl (C=O) groups is 1. The molecule has 1 fully saturated rings. The number of hydrogen-bond donors (Lipinski definition) is 1. The Bertz CT molecular complexity index is 1010. The van der Waals surface area contributed by atoms with E-state index < -0.39 is 0 Å². The largest absolute Gasteiger partial charge is 0.490 e. The summed E-state index contributed by atoms with van der Waals surface area (Å²) < 4.78 is 11.6. The van der Waals surface area contributed by atoms with Crippen molar-refractivity contribution in [2.75, 3.05) is 50.8 Å². The van der Waals surface area contributed by atoms with Gasteiger partial charge in [0, 0.05) is 38.8 Å². The number of aromatic nitrogens is 1. The Morgan fingerprint density at radius 3 is 2.61 bits per heavy atom. The van der Waals surface area contributed by atoms with E-state index in [0.717, 1.165) is 55.5 Å². The number of amides is 1. The molecule has 2 aliphatic rings. The standard InChI is InChI=1S/C25H31N5O3/c1-18(2)25(20-4-5-21-22(15-20)33-13-3-12-32-21)28-24(31)17-29-8-10-30(11-9-29)23-14-19(16-26)6-7-27-23/h4-7,14-15,18,25H,3,8-13,17H2,1-2H3,(H,28,31). The second kappa shape index (κ2) is 10.5. The van der Waals surface area contributed by atoms with Crippen LogP contribution in [0.4, 0.5) is 5.82 Å². The van der Waals surface area contributed by atoms with Crippen LogP contribution in [0.3, 0.4) is 0 Å². The highest BCUT2D eigenvalue weighted by Crippen LogP contribution is 2.34. The van der Waals surface area contributed by atoms with Gasteiger partial charge in [-0.1, -0.05) is 19.9 Å². The van der Waals surface area contributed by atoms with Gasteiger partial charge in [0.15, 0.2) is 11.5 Å². The van der Waals surface area contributed by atoms with Gasteiger partial charge in [-0.3, -0.25) is 9.69 Å². The molecule has 1 saturated heterocycles. The molecule has 8 nitrogen and oxygen atoms in total. The van der Waals surface area contributed by atoms with Gasteiger partial charge in [-0.25, -0.2) is 4.98 Å². The summed E-state index contributed by atoms with van der Waals surface area (Å²) in [6.07, 6.45) is 2.53. The van der Waals surface area contributed by atoms with Crippen LogP contribution in [0.2, 0.25) is 0 Å². The average Bonchev–Trinajstić information content (AvgIpc) is 3.08. The molecule has 1 aromatic carbocycles. The van der Waals surface area contributed by atoms with E-state index >= 15 is 0 Å². The Morgan fingerprint density at radius 1 is 1.12 bits per heavy atom. The lowest BCUT2D eigenvalue weighted by atomic mass is 9.95. The number of benzene rings is 1. The topological polar surface area (TPSA) is 90.7 Å². The number of fused-ring (bicyclic) bond motifs is 1. The maximum atomic E-state index is 12.9. The van der Waals surface area contributed by atoms with Gasteiger partial charge >= 0.3 is 0 Å². The van der Waals surface area contributed by atoms with Gasteiger partial charge < -0.3 is 19.7 Å². The lowest BCUT2D eigenvalue weighted by molar-refractivity contribution is -0.123. The van der Waals surface area contributed by atoms with E-state index in [1.807, 2.05) is 24.3 Å². The van der Waals surface area contributed by atoms with Crippen LogP contribution in [0.25, 0.3) is 0 Å². The first kappa shape index (κ1) is 22.9. The highest BCUT2D eigenvalue weighted by atomic mass is 16.5. The first-order valence-electron chi connectivity index (χ1n) is 11.6. The van der Waals surface area contributed by atoms with Crippen LogP contribution in [0.1, 0.15) is 37.4 Å². The number of nitrogens with zero attached hydrogens (tertiary/aromatic N) is 4. The second-order valence-corrected chi connectivity index (χ2v) is 8.82. The summed E-state index contributed by atoms with van der Waals surface area (Å²) in [6, 6.07) is 11.5. The van der Waals surface area contributed by atoms with Crippen molar-refractivity contribution < 1.29 is 14.3 Å². The number of hydrogen-bond acceptors (Lipinski definition) is 7. The summed E-state index contributed by atoms with van der Waals surface area (Å²) in [5.41, 5.74) is 1.63. The lowest BCUT2D eigenvalue weighted by Gasteiger charge is -2.35. The van der Waals surface area contributed by atoms with Crippen molar-refractivity contribution in [1.82, 2.24) is 15.2 Å². The Morgan fingerprint density at radius 2 is 1.88 bits per heavy atom. The molecule has 0 bridgehead atoms. The molecule has 1 unspecified atom stereocenters. The minimum absolute atomic E-state index is 0.0128. The maximum absolute atomic E-state index is 12.9. The van der Waals surface area contributed by atoms with Gasteiger partial charge in [0.25, 0.3) is 0 Å². The molecule has 0 aliphatic carbocycles. The van der Waals surface area contributed by atoms with Crippen molar-refractivity contribution in [3.05, 3.63) is 47.7 Å². The second-order valence-electron chi connectivity index (χ2n) is 8.82. The zero-order valence-corrected chi connectivity index (χ0v) is 19.3. The highest BCUT2D eigenvalue weighted by molar-refractivity contribution is 5.78. The molecule has 0 saturated carbocycles. The molecule has 8 heteroatoms. The minimum atomic E-state index is -0.103. The number of piperazine rings is 1. The Kier molecular flexibility index (Phi) is 7.30. The molecular formula is C25H31N5O3. The van der Waals surface area contributed by atoms with Gasteiger partial charge in [0.2, 0.25) is 5.91 Å². The highest BCUT2D eigenvalue weighted by Gasteiger charge is 2.24. The van der Waals surface area contributed by atoms with Crippen molar-refractivity contribution >= 4 is 11.7 Å². The van der Waals surface area contributed by atoms with Crippen molar-refractivity contribution in [1.29, 1.82) is 5.26 Å². The van der Waals surface area contributed by atoms with E-state index in [4.69, 9.17) is 14.7 Å². The van der Waals surface area contributed by atoms with Crippen LogP contribution in [-0.2, 0) is 4.79 Å². The van der Waals surface area contributed by atoms with Gasteiger partial charge in [-0.2, -0.15) is 5.26 Å². The summed E-state index contributed by atoms with van der Waals surface area (Å²) in [5, 5.41) is 12.3. The van der Waals surface area contributed by atoms with E-state index in [-0.39, 0.29) is 17.9 Å². The van der Waals surface area contributed by atoms with Crippen molar-refractivity contribution in [2.24, 2.45) is 5.92 Å². The third-order valence-corrected chi connectivity index (χ3v) is 6.05. The Labute approximate surface area is 195 Å². The molecule has 2 aliphatic heterocycles. The average molecular weight is 450 g/mol. The van der Waals surface area contributed by atoms with E-state index in [0.29, 0.717) is 25.3 Å². The third kappa shape index (κ3) is 5.74. The maximum Gasteiger partial charge on any atom is 0.234 e. The summed E-state index contributed by atoms with van der Waals surface area (Å²) in [7, 11) is 0. The van der Waals surface area contributed by atoms with E-state index in [9.17, 15) is 4.79 Å². The van der Waals surface area contributed by atoms with Crippen LogP contribution < -0.4 is 19.7 Å². The monoisotopic (exact) mass is 449 g/mol. The number of nitriles is 1. The van der Waals surface area contributed by atoms with Gasteiger partial charge in [0.05, 0.1) is 37.4 Å². The molecule has 2 aromatic rings. The number of ether oxygens (including phenoxy) is 2. The fourth-order valence-corrected chi connectivity index (χ4v) is 4.23. The number of pyridine rings is 1. The summed E-state index contributed by atoms with van der Waals surface area (Å²) in [5.74, 6) is 2.56. The van der Waals surface area contributed by atoms with Crippen LogP contribution in [0, 0.1) is 17.2 Å². The Hall–Kier alpha value is -3.31. The van der Waals surface area contributed by atoms with Crippen LogP contribution in [0.5, 0.6) is 11.5 Å². The molecule has 174 valence electrons. The predicted molar refractivity (Wildman–Crippen MR) is 125 cm³/mol. The van der Waals surface area contributed by atoms with Gasteiger partial charge in [0.1, 0.15) is 5.82 Å². The van der Waals surface area contributed by atoms with Crippen molar-refractivity contribution in [3.8, 4) is 17.6 Å². The minimum Gasteiger partial charge on any atom is -0.490 e. The van der Waals surface area contributed by atoms with Crippen molar-refractivity contribution in [3.63, 3.8) is 0 Å². The molecule has 0 spiro atoms. The molecule has 0 radical (unpaired) electrons. The zero-order valence-electron chi connectivity index (χ0n) is 19.3. The first-order valence-corrected chi connectivity index (χ1v) is 11.6. The van der Waals surface area contributed by atoms with Crippen molar-refractivity contribution in [2.45, 2.75) is 26.3 Å². The quantitative estimate of drug-likeness (QED) is 0.725. The number of nitrogens with one attached hydrogen (secondary N) is 1. The lowest BCUT2D eigenvalue weighted by Crippen LogP contribution is -2.50. The molecule has 3 heterocycles. The molecular weight excluding hydrogens is 418 g/mol. The normalized spacial score (nSPS) is 17.2. The zero-order chi connectivity index (χ0) is 23.2. The van der Waals surface area contributed by atoms with Crippen LogP contribution >= 0.6 is 0 Å². The SMILES string of the molecule is CC(C)C(NC(=O)CN1CCN(c2cc(C#N)ccn2)CC1)c1ccc2c(c1)OCCCO2. The molecule has 1 aromatic heterocycles. The summed E-state index contributed by atoms with van der Waals surface area (Å²) in [6.45, 7) is 8.93. The molecule has 1 N–H and O–H groups in total. The first-order chi connectivity index (χ1) is 16.0. The smallest absolute Gasteiger partial charge is 0.234 e. The van der Waals surface area contributed by atoms with E-state index in [1.54, 1.807) is 12.3 Å². The number of anilines is 1. The molecule has 4 rings (SSSR count). The predicted octanol–water partition coefficient (Wildman–Crippen LogP) is 2.75. The molecule has 33 heavy (non-hydrogen) atoms. The fraction of sp³-hybridized carbons (Fsp3) is 0.480. The summed E-state index contributed by atoms with van der Waals surface area (Å²) >= 11 is 0. The van der Waals surface area contributed by atoms with Gasteiger partial charge in [-0.05, 0) is 35.7 Å². The third-order valence-electron chi connectivity index (χ3n) is 6.05. The fourth-order valence-electron chi connectivity index (χ4n) is 4.23. The van der Waals surface area contributed by atoms with Crippen LogP contribution in [-0.4, -0.2) is 61.7 Å². The van der Waals surface area contributed by atoms with E-state index in [2.05, 4.69) is 40.0 Å². The van der Waals surface area contributed by atoms with Crippen LogP contribution in [0.15, 0.2) is 36.5 Å². The molecule has 1 amide bonds.